The van der Waals surface area contributed by atoms with Crippen molar-refractivity contribution in [1.29, 1.82) is 0 Å². The van der Waals surface area contributed by atoms with Crippen LogP contribution >= 0.6 is 11.8 Å². The number of carbonyl (C=O) groups excluding carboxylic acids is 2. The smallest absolute Gasteiger partial charge is 0.256 e. The Hall–Kier alpha value is -2.38. The van der Waals surface area contributed by atoms with Crippen molar-refractivity contribution >= 4 is 23.6 Å². The molecule has 1 aromatic carbocycles. The maximum atomic E-state index is 13.1. The Morgan fingerprint density at radius 2 is 1.86 bits per heavy atom. The van der Waals surface area contributed by atoms with Crippen molar-refractivity contribution < 1.29 is 9.59 Å². The molecule has 0 unspecified atom stereocenters. The predicted molar refractivity (Wildman–Crippen MR) is 111 cm³/mol. The number of rotatable bonds is 5. The molecule has 6 nitrogen and oxygen atoms in total. The number of pyridine rings is 1. The molecule has 2 aromatic rings. The Bertz CT molecular complexity index is 863. The fourth-order valence-corrected chi connectivity index (χ4v) is 4.06. The molecule has 148 valence electrons. The Morgan fingerprint density at radius 1 is 1.11 bits per heavy atom. The van der Waals surface area contributed by atoms with E-state index in [1.165, 1.54) is 22.9 Å². The third kappa shape index (κ3) is 4.91. The van der Waals surface area contributed by atoms with E-state index in [0.29, 0.717) is 38.3 Å². The van der Waals surface area contributed by atoms with Gasteiger partial charge < -0.3 is 10.2 Å². The normalized spacial score (nSPS) is 14.8. The number of benzene rings is 1. The second kappa shape index (κ2) is 9.21. The Kier molecular flexibility index (Phi) is 6.70. The number of amides is 2. The van der Waals surface area contributed by atoms with Gasteiger partial charge in [-0.05, 0) is 49.2 Å². The highest BCUT2D eigenvalue weighted by Crippen LogP contribution is 2.30. The van der Waals surface area contributed by atoms with E-state index in [9.17, 15) is 9.59 Å². The largest absolute Gasteiger partial charge is 0.358 e. The van der Waals surface area contributed by atoms with E-state index in [0.717, 1.165) is 9.92 Å². The highest BCUT2D eigenvalue weighted by atomic mass is 32.2. The first-order chi connectivity index (χ1) is 13.5. The van der Waals surface area contributed by atoms with Crippen LogP contribution in [0, 0.1) is 13.8 Å². The summed E-state index contributed by atoms with van der Waals surface area (Å²) in [6, 6.07) is 9.93. The highest BCUT2D eigenvalue weighted by molar-refractivity contribution is 7.99. The molecule has 1 aliphatic heterocycles. The minimum Gasteiger partial charge on any atom is -0.358 e. The lowest BCUT2D eigenvalue weighted by Crippen LogP contribution is -2.51. The van der Waals surface area contributed by atoms with Gasteiger partial charge in [0.15, 0.2) is 0 Å². The number of nitrogens with one attached hydrogen (secondary N) is 1. The van der Waals surface area contributed by atoms with Crippen molar-refractivity contribution in [2.45, 2.75) is 23.8 Å². The van der Waals surface area contributed by atoms with Gasteiger partial charge in [-0.25, -0.2) is 4.98 Å². The fraction of sp³-hybridized carbons (Fsp3) is 0.381. The zero-order chi connectivity index (χ0) is 20.1. The molecule has 1 aliphatic rings. The van der Waals surface area contributed by atoms with Crippen molar-refractivity contribution in [2.24, 2.45) is 0 Å². The van der Waals surface area contributed by atoms with Gasteiger partial charge in [-0.2, -0.15) is 0 Å². The molecule has 28 heavy (non-hydrogen) atoms. The summed E-state index contributed by atoms with van der Waals surface area (Å²) in [5, 5.41) is 3.36. The molecule has 1 saturated heterocycles. The van der Waals surface area contributed by atoms with E-state index in [2.05, 4.69) is 47.2 Å². The lowest BCUT2D eigenvalue weighted by atomic mass is 10.1. The number of nitrogens with zero attached hydrogens (tertiary/aromatic N) is 3. The third-order valence-electron chi connectivity index (χ3n) is 5.00. The van der Waals surface area contributed by atoms with Crippen molar-refractivity contribution in [2.75, 3.05) is 39.8 Å². The number of piperazine rings is 1. The number of likely N-dealkylation sites (N-methyl/N-ethyl adjacent to an activating group) is 1. The molecule has 2 heterocycles. The Morgan fingerprint density at radius 3 is 2.54 bits per heavy atom. The molecule has 1 N–H and O–H groups in total. The molecule has 1 aromatic heterocycles. The molecular formula is C21H26N4O2S. The fourth-order valence-electron chi connectivity index (χ4n) is 3.09. The first-order valence-corrected chi connectivity index (χ1v) is 10.2. The average molecular weight is 399 g/mol. The van der Waals surface area contributed by atoms with Gasteiger partial charge in [-0.1, -0.05) is 17.8 Å². The molecule has 0 bridgehead atoms. The number of hydrogen-bond donors (Lipinski definition) is 1. The predicted octanol–water partition coefficient (Wildman–Crippen LogP) is 2.35. The molecule has 0 atom stereocenters. The SMILES string of the molecule is CNC(=O)CN1CCN(C(=O)c2cccnc2Sc2ccc(C)c(C)c2)CC1. The number of hydrogen-bond acceptors (Lipinski definition) is 5. The minimum atomic E-state index is -0.000901. The van der Waals surface area contributed by atoms with E-state index < -0.39 is 0 Å². The van der Waals surface area contributed by atoms with Gasteiger partial charge in [-0.15, -0.1) is 0 Å². The number of aryl methyl sites for hydroxylation is 2. The summed E-state index contributed by atoms with van der Waals surface area (Å²) in [6.07, 6.45) is 1.72. The first-order valence-electron chi connectivity index (χ1n) is 9.40. The average Bonchev–Trinajstić information content (AvgIpc) is 2.71. The van der Waals surface area contributed by atoms with Crippen LogP contribution in [0.4, 0.5) is 0 Å². The Labute approximate surface area is 170 Å². The van der Waals surface area contributed by atoms with Crippen LogP contribution in [-0.4, -0.2) is 66.4 Å². The first kappa shape index (κ1) is 20.4. The molecule has 0 radical (unpaired) electrons. The second-order valence-electron chi connectivity index (χ2n) is 6.95. The zero-order valence-electron chi connectivity index (χ0n) is 16.6. The minimum absolute atomic E-state index is 0.000821. The van der Waals surface area contributed by atoms with Crippen molar-refractivity contribution in [3.05, 3.63) is 53.2 Å². The van der Waals surface area contributed by atoms with Gasteiger partial charge in [0, 0.05) is 44.3 Å². The van der Waals surface area contributed by atoms with Crippen LogP contribution in [0.3, 0.4) is 0 Å². The molecule has 0 spiro atoms. The van der Waals surface area contributed by atoms with Gasteiger partial charge in [0.1, 0.15) is 5.03 Å². The number of carbonyl (C=O) groups is 2. The molecule has 2 amide bonds. The summed E-state index contributed by atoms with van der Waals surface area (Å²) in [5.74, 6) is -0.00172. The van der Waals surface area contributed by atoms with Crippen molar-refractivity contribution in [1.82, 2.24) is 20.1 Å². The topological polar surface area (TPSA) is 65.5 Å². The van der Waals surface area contributed by atoms with Gasteiger partial charge in [-0.3, -0.25) is 14.5 Å². The summed E-state index contributed by atoms with van der Waals surface area (Å²) in [7, 11) is 1.64. The molecular weight excluding hydrogens is 372 g/mol. The lowest BCUT2D eigenvalue weighted by Gasteiger charge is -2.34. The maximum Gasteiger partial charge on any atom is 0.256 e. The lowest BCUT2D eigenvalue weighted by molar-refractivity contribution is -0.122. The molecule has 0 aliphatic carbocycles. The van der Waals surface area contributed by atoms with E-state index in [1.807, 2.05) is 11.0 Å². The van der Waals surface area contributed by atoms with Gasteiger partial charge in [0.25, 0.3) is 5.91 Å². The van der Waals surface area contributed by atoms with E-state index in [1.54, 1.807) is 19.3 Å². The summed E-state index contributed by atoms with van der Waals surface area (Å²) >= 11 is 1.52. The van der Waals surface area contributed by atoms with E-state index in [-0.39, 0.29) is 11.8 Å². The molecule has 0 saturated carbocycles. The standard InChI is InChI=1S/C21H26N4O2S/c1-15-6-7-17(13-16(15)2)28-20-18(5-4-8-23-20)21(27)25-11-9-24(10-12-25)14-19(26)22-3/h4-8,13H,9-12,14H2,1-3H3,(H,22,26). The van der Waals surface area contributed by atoms with Crippen LogP contribution in [0.2, 0.25) is 0 Å². The van der Waals surface area contributed by atoms with Crippen molar-refractivity contribution in [3.63, 3.8) is 0 Å². The van der Waals surface area contributed by atoms with Gasteiger partial charge >= 0.3 is 0 Å². The summed E-state index contributed by atoms with van der Waals surface area (Å²) in [5.41, 5.74) is 3.10. The monoisotopic (exact) mass is 398 g/mol. The summed E-state index contributed by atoms with van der Waals surface area (Å²) in [6.45, 7) is 7.15. The zero-order valence-corrected chi connectivity index (χ0v) is 17.4. The second-order valence-corrected chi connectivity index (χ2v) is 8.01. The van der Waals surface area contributed by atoms with Gasteiger partial charge in [0.05, 0.1) is 12.1 Å². The third-order valence-corrected chi connectivity index (χ3v) is 6.01. The van der Waals surface area contributed by atoms with Crippen LogP contribution < -0.4 is 5.32 Å². The highest BCUT2D eigenvalue weighted by Gasteiger charge is 2.25. The van der Waals surface area contributed by atoms with Crippen molar-refractivity contribution in [3.8, 4) is 0 Å². The van der Waals surface area contributed by atoms with Gasteiger partial charge in [0.2, 0.25) is 5.91 Å². The maximum absolute atomic E-state index is 13.1. The Balaban J connectivity index is 1.69. The van der Waals surface area contributed by atoms with Crippen LogP contribution in [0.15, 0.2) is 46.5 Å². The van der Waals surface area contributed by atoms with E-state index >= 15 is 0 Å². The van der Waals surface area contributed by atoms with Crippen LogP contribution in [0.25, 0.3) is 0 Å². The summed E-state index contributed by atoms with van der Waals surface area (Å²) < 4.78 is 0. The summed E-state index contributed by atoms with van der Waals surface area (Å²) in [4.78, 5) is 34.1. The van der Waals surface area contributed by atoms with Crippen LogP contribution in [-0.2, 0) is 4.79 Å². The molecule has 1 fully saturated rings. The van der Waals surface area contributed by atoms with Crippen LogP contribution in [0.5, 0.6) is 0 Å². The van der Waals surface area contributed by atoms with Crippen LogP contribution in [0.1, 0.15) is 21.5 Å². The van der Waals surface area contributed by atoms with E-state index in [4.69, 9.17) is 0 Å². The quantitative estimate of drug-likeness (QED) is 0.838. The number of aromatic nitrogens is 1. The molecule has 7 heteroatoms. The molecule has 3 rings (SSSR count).